The summed E-state index contributed by atoms with van der Waals surface area (Å²) >= 11 is 0. The topological polar surface area (TPSA) is 48.3 Å². The molecule has 226 valence electrons. The van der Waals surface area contributed by atoms with Gasteiger partial charge in [0, 0.05) is 38.0 Å². The Kier molecular flexibility index (Phi) is 4.66. The Morgan fingerprint density at radius 2 is 1.18 bits per heavy atom. The third-order valence-corrected chi connectivity index (χ3v) is 10.4. The van der Waals surface area contributed by atoms with Crippen molar-refractivity contribution in [1.29, 1.82) is 0 Å². The van der Waals surface area contributed by atoms with Crippen molar-refractivity contribution in [3.8, 4) is 16.8 Å². The Morgan fingerprint density at radius 1 is 0.469 bits per heavy atom. The van der Waals surface area contributed by atoms with Crippen LogP contribution in [0.3, 0.4) is 0 Å². The molecule has 0 amide bonds. The number of aromatic nitrogens is 4. The van der Waals surface area contributed by atoms with Gasteiger partial charge in [0.25, 0.3) is 0 Å². The van der Waals surface area contributed by atoms with Gasteiger partial charge in [-0.3, -0.25) is 4.40 Å². The predicted octanol–water partition coefficient (Wildman–Crippen LogP) is 11.4. The second kappa shape index (κ2) is 9.00. The lowest BCUT2D eigenvalue weighted by Crippen LogP contribution is -1.93. The first-order valence-electron chi connectivity index (χ1n) is 16.6. The van der Waals surface area contributed by atoms with E-state index in [0.717, 1.165) is 88.1 Å². The Hall–Kier alpha value is -6.72. The van der Waals surface area contributed by atoms with E-state index < -0.39 is 0 Å². The summed E-state index contributed by atoms with van der Waals surface area (Å²) in [6.45, 7) is 0. The van der Waals surface area contributed by atoms with Crippen LogP contribution in [-0.4, -0.2) is 18.9 Å². The molecule has 0 saturated carbocycles. The molecule has 49 heavy (non-hydrogen) atoms. The van der Waals surface area contributed by atoms with E-state index in [-0.39, 0.29) is 0 Å². The molecule has 0 radical (unpaired) electrons. The maximum absolute atomic E-state index is 6.66. The fourth-order valence-electron chi connectivity index (χ4n) is 8.31. The van der Waals surface area contributed by atoms with Gasteiger partial charge in [0.2, 0.25) is 0 Å². The quantitative estimate of drug-likeness (QED) is 0.192. The lowest BCUT2D eigenvalue weighted by Gasteiger charge is -2.09. The van der Waals surface area contributed by atoms with Gasteiger partial charge in [-0.25, -0.2) is 9.97 Å². The van der Waals surface area contributed by atoms with Gasteiger partial charge in [-0.15, -0.1) is 0 Å². The molecule has 0 atom stereocenters. The number of rotatable bonds is 2. The standard InChI is InChI=1S/C44H24N4O/c1-2-10-27(11-3-1)47-36-16-8-4-12-28(36)29-19-18-25(24-38(29)47)26-22-32-40-37(21-20-31-30-13-5-9-17-39(30)49-43(31)40)48-42(32)33(23-26)41-44(48)46-35-15-7-6-14-34(35)45-41/h1-24H. The molecule has 0 aliphatic carbocycles. The molecular formula is C44H24N4O. The SMILES string of the molecule is c1ccc(-n2c3ccccc3c3ccc(-c4cc5c6nc7ccccc7nc6n6c7ccc8c9ccccc9oc8c7c(c4)c56)cc32)cc1. The number of nitrogens with zero attached hydrogens (tertiary/aromatic N) is 4. The van der Waals surface area contributed by atoms with Crippen LogP contribution in [0.1, 0.15) is 0 Å². The van der Waals surface area contributed by atoms with E-state index in [1.54, 1.807) is 0 Å². The molecule has 0 unspecified atom stereocenters. The molecule has 0 aliphatic rings. The molecular weight excluding hydrogens is 601 g/mol. The van der Waals surface area contributed by atoms with E-state index >= 15 is 0 Å². The Morgan fingerprint density at radius 3 is 2.08 bits per heavy atom. The molecule has 5 aromatic heterocycles. The second-order valence-corrected chi connectivity index (χ2v) is 13.0. The van der Waals surface area contributed by atoms with Crippen molar-refractivity contribution < 1.29 is 4.42 Å². The highest BCUT2D eigenvalue weighted by molar-refractivity contribution is 6.30. The van der Waals surface area contributed by atoms with E-state index in [2.05, 4.69) is 124 Å². The van der Waals surface area contributed by atoms with Crippen LogP contribution in [0.15, 0.2) is 150 Å². The van der Waals surface area contributed by atoms with E-state index in [1.165, 1.54) is 21.8 Å². The van der Waals surface area contributed by atoms with Crippen molar-refractivity contribution in [3.63, 3.8) is 0 Å². The number of fused-ring (bicyclic) bond motifs is 14. The minimum Gasteiger partial charge on any atom is -0.455 e. The summed E-state index contributed by atoms with van der Waals surface area (Å²) in [5.41, 5.74) is 13.3. The zero-order chi connectivity index (χ0) is 31.8. The Labute approximate surface area is 278 Å². The average molecular weight is 625 g/mol. The van der Waals surface area contributed by atoms with Crippen LogP contribution in [0.2, 0.25) is 0 Å². The first kappa shape index (κ1) is 25.4. The second-order valence-electron chi connectivity index (χ2n) is 13.0. The van der Waals surface area contributed by atoms with E-state index in [4.69, 9.17) is 14.4 Å². The normalized spacial score (nSPS) is 12.5. The van der Waals surface area contributed by atoms with Crippen LogP contribution >= 0.6 is 0 Å². The maximum Gasteiger partial charge on any atom is 0.165 e. The first-order chi connectivity index (χ1) is 24.3. The number of furan rings is 1. The number of hydrogen-bond acceptors (Lipinski definition) is 3. The average Bonchev–Trinajstić information content (AvgIpc) is 3.89. The summed E-state index contributed by atoms with van der Waals surface area (Å²) in [5.74, 6) is 0. The molecule has 12 aromatic rings. The fraction of sp³-hybridized carbons (Fsp3) is 0. The van der Waals surface area contributed by atoms with Crippen LogP contribution in [0.25, 0.3) is 110 Å². The first-order valence-corrected chi connectivity index (χ1v) is 16.6. The van der Waals surface area contributed by atoms with E-state index in [9.17, 15) is 0 Å². The summed E-state index contributed by atoms with van der Waals surface area (Å²) in [6, 6.07) is 51.7. The summed E-state index contributed by atoms with van der Waals surface area (Å²) in [5, 5.41) is 8.05. The van der Waals surface area contributed by atoms with Gasteiger partial charge < -0.3 is 8.98 Å². The molecule has 0 N–H and O–H groups in total. The Balaban J connectivity index is 1.24. The fourth-order valence-corrected chi connectivity index (χ4v) is 8.31. The molecule has 5 heterocycles. The Bertz CT molecular complexity index is 3330. The molecule has 0 bridgehead atoms. The zero-order valence-electron chi connectivity index (χ0n) is 26.1. The lowest BCUT2D eigenvalue weighted by atomic mass is 9.98. The van der Waals surface area contributed by atoms with Gasteiger partial charge >= 0.3 is 0 Å². The van der Waals surface area contributed by atoms with Crippen molar-refractivity contribution in [2.75, 3.05) is 0 Å². The van der Waals surface area contributed by atoms with Gasteiger partial charge in [-0.2, -0.15) is 0 Å². The van der Waals surface area contributed by atoms with Crippen molar-refractivity contribution in [2.45, 2.75) is 0 Å². The number of para-hydroxylation sites is 5. The van der Waals surface area contributed by atoms with Crippen molar-refractivity contribution >= 4 is 93.1 Å². The van der Waals surface area contributed by atoms with Crippen LogP contribution in [0, 0.1) is 0 Å². The smallest absolute Gasteiger partial charge is 0.165 e. The van der Waals surface area contributed by atoms with Gasteiger partial charge in [0.15, 0.2) is 5.65 Å². The van der Waals surface area contributed by atoms with Crippen LogP contribution in [0.5, 0.6) is 0 Å². The van der Waals surface area contributed by atoms with Crippen LogP contribution in [-0.2, 0) is 0 Å². The molecule has 0 saturated heterocycles. The monoisotopic (exact) mass is 624 g/mol. The molecule has 7 aromatic carbocycles. The van der Waals surface area contributed by atoms with Crippen LogP contribution < -0.4 is 0 Å². The molecule has 5 nitrogen and oxygen atoms in total. The minimum absolute atomic E-state index is 0.862. The highest BCUT2D eigenvalue weighted by Gasteiger charge is 2.24. The predicted molar refractivity (Wildman–Crippen MR) is 201 cm³/mol. The van der Waals surface area contributed by atoms with Gasteiger partial charge in [-0.1, -0.05) is 78.9 Å². The molecule has 0 fully saturated rings. The lowest BCUT2D eigenvalue weighted by molar-refractivity contribution is 0.673. The summed E-state index contributed by atoms with van der Waals surface area (Å²) in [6.07, 6.45) is 0. The highest BCUT2D eigenvalue weighted by atomic mass is 16.3. The molecule has 5 heteroatoms. The van der Waals surface area contributed by atoms with Gasteiger partial charge in [0.05, 0.1) is 38.5 Å². The number of benzene rings is 7. The largest absolute Gasteiger partial charge is 0.455 e. The van der Waals surface area contributed by atoms with Gasteiger partial charge in [0.1, 0.15) is 16.7 Å². The zero-order valence-corrected chi connectivity index (χ0v) is 26.1. The summed E-state index contributed by atoms with van der Waals surface area (Å²) in [7, 11) is 0. The maximum atomic E-state index is 6.66. The summed E-state index contributed by atoms with van der Waals surface area (Å²) < 4.78 is 11.3. The third-order valence-electron chi connectivity index (χ3n) is 10.4. The van der Waals surface area contributed by atoms with Crippen LogP contribution in [0.4, 0.5) is 0 Å². The summed E-state index contributed by atoms with van der Waals surface area (Å²) in [4.78, 5) is 10.4. The minimum atomic E-state index is 0.862. The van der Waals surface area contributed by atoms with E-state index in [0.29, 0.717) is 0 Å². The third kappa shape index (κ3) is 3.24. The molecule has 0 aliphatic heterocycles. The van der Waals surface area contributed by atoms with Crippen molar-refractivity contribution in [3.05, 3.63) is 146 Å². The van der Waals surface area contributed by atoms with Gasteiger partial charge in [-0.05, 0) is 77.9 Å². The van der Waals surface area contributed by atoms with Crippen molar-refractivity contribution in [1.82, 2.24) is 18.9 Å². The molecule has 12 rings (SSSR count). The van der Waals surface area contributed by atoms with Crippen molar-refractivity contribution in [2.24, 2.45) is 0 Å². The molecule has 0 spiro atoms. The number of hydrogen-bond donors (Lipinski definition) is 0. The van der Waals surface area contributed by atoms with E-state index in [1.807, 2.05) is 30.3 Å². The highest BCUT2D eigenvalue weighted by Crippen LogP contribution is 2.45.